The Labute approximate surface area is 184 Å². The van der Waals surface area contributed by atoms with Gasteiger partial charge in [-0.2, -0.15) is 5.10 Å². The van der Waals surface area contributed by atoms with Crippen LogP contribution in [0.1, 0.15) is 22.3 Å². The van der Waals surface area contributed by atoms with Gasteiger partial charge in [0.1, 0.15) is 22.1 Å². The van der Waals surface area contributed by atoms with Crippen molar-refractivity contribution in [1.29, 1.82) is 0 Å². The Morgan fingerprint density at radius 3 is 2.83 bits per heavy atom. The highest BCUT2D eigenvalue weighted by Crippen LogP contribution is 2.41. The molecule has 0 radical (unpaired) electrons. The summed E-state index contributed by atoms with van der Waals surface area (Å²) in [5, 5.41) is 24.9. The topological polar surface area (TPSA) is 130 Å². The lowest BCUT2D eigenvalue weighted by atomic mass is 10.0. The van der Waals surface area contributed by atoms with E-state index in [1.165, 1.54) is 46.0 Å². The second-order valence-electron chi connectivity index (χ2n) is 6.58. The van der Waals surface area contributed by atoms with Gasteiger partial charge in [0, 0.05) is 24.2 Å². The van der Waals surface area contributed by atoms with E-state index in [9.17, 15) is 19.5 Å². The molecule has 0 aromatic carbocycles. The Hall–Kier alpha value is -2.38. The highest BCUT2D eigenvalue weighted by atomic mass is 32.2. The zero-order valence-corrected chi connectivity index (χ0v) is 18.5. The Kier molecular flexibility index (Phi) is 5.84. The van der Waals surface area contributed by atoms with E-state index in [-0.39, 0.29) is 5.70 Å². The molecular weight excluding hydrogens is 448 g/mol. The maximum Gasteiger partial charge on any atom is 0.352 e. The number of rotatable bonds is 7. The molecule has 30 heavy (non-hydrogen) atoms. The summed E-state index contributed by atoms with van der Waals surface area (Å²) in [5.74, 6) is -1.10. The quantitative estimate of drug-likeness (QED) is 0.457. The molecule has 10 nitrogen and oxygen atoms in total. The van der Waals surface area contributed by atoms with Gasteiger partial charge in [-0.1, -0.05) is 23.1 Å². The summed E-state index contributed by atoms with van der Waals surface area (Å²) in [4.78, 5) is 38.3. The molecular formula is C17H18N6O4S3. The lowest BCUT2D eigenvalue weighted by Gasteiger charge is -2.49. The molecule has 0 spiro atoms. The van der Waals surface area contributed by atoms with E-state index in [1.807, 2.05) is 13.8 Å². The van der Waals surface area contributed by atoms with Gasteiger partial charge in [0.15, 0.2) is 4.34 Å². The standard InChI is InChI=1S/C17H18N6O4S3/c1-3-22-5-9(4-18-22)13(24)19-11-14(25)23-12(16(26)27)10(6-28-15(11)23)7-29-17-21-20-8(2)30-17/h4-5,11,15H,3,6-7H2,1-2H3,(H,19,24)(H,26,27)/t11-,15-/m0/s1. The van der Waals surface area contributed by atoms with Crippen LogP contribution >= 0.6 is 34.9 Å². The average Bonchev–Trinajstić information content (AvgIpc) is 3.38. The minimum absolute atomic E-state index is 0.00166. The molecule has 2 aromatic heterocycles. The van der Waals surface area contributed by atoms with Gasteiger partial charge in [0.2, 0.25) is 0 Å². The third-order valence-electron chi connectivity index (χ3n) is 4.63. The molecule has 2 aromatic rings. The Morgan fingerprint density at radius 1 is 1.40 bits per heavy atom. The summed E-state index contributed by atoms with van der Waals surface area (Å²) in [5.41, 5.74) is 1.02. The molecule has 13 heteroatoms. The van der Waals surface area contributed by atoms with Crippen molar-refractivity contribution in [3.8, 4) is 0 Å². The van der Waals surface area contributed by atoms with Crippen LogP contribution in [0, 0.1) is 6.92 Å². The largest absolute Gasteiger partial charge is 0.477 e. The predicted octanol–water partition coefficient (Wildman–Crippen LogP) is 1.21. The molecule has 2 aliphatic rings. The maximum atomic E-state index is 12.7. The highest BCUT2D eigenvalue weighted by Gasteiger charge is 2.54. The van der Waals surface area contributed by atoms with Crippen LogP contribution in [0.5, 0.6) is 0 Å². The number of amides is 2. The first kappa shape index (κ1) is 20.9. The Balaban J connectivity index is 1.47. The van der Waals surface area contributed by atoms with Gasteiger partial charge >= 0.3 is 5.97 Å². The molecule has 2 aliphatic heterocycles. The van der Waals surface area contributed by atoms with Crippen molar-refractivity contribution in [3.63, 3.8) is 0 Å². The van der Waals surface area contributed by atoms with Crippen LogP contribution < -0.4 is 5.32 Å². The zero-order valence-electron chi connectivity index (χ0n) is 16.1. The van der Waals surface area contributed by atoms with E-state index < -0.39 is 29.2 Å². The molecule has 0 bridgehead atoms. The normalized spacial score (nSPS) is 20.7. The van der Waals surface area contributed by atoms with Crippen molar-refractivity contribution in [2.75, 3.05) is 11.5 Å². The Bertz CT molecular complexity index is 1050. The van der Waals surface area contributed by atoms with Crippen LogP contribution in [-0.2, 0) is 16.1 Å². The summed E-state index contributed by atoms with van der Waals surface area (Å²) in [7, 11) is 0. The number of nitrogens with zero attached hydrogens (tertiary/aromatic N) is 5. The van der Waals surface area contributed by atoms with Crippen LogP contribution in [0.3, 0.4) is 0 Å². The van der Waals surface area contributed by atoms with Gasteiger partial charge in [-0.15, -0.1) is 22.0 Å². The first-order chi connectivity index (χ1) is 14.4. The van der Waals surface area contributed by atoms with Gasteiger partial charge in [-0.3, -0.25) is 19.2 Å². The third kappa shape index (κ3) is 3.84. The summed E-state index contributed by atoms with van der Waals surface area (Å²) >= 11 is 4.29. The van der Waals surface area contributed by atoms with Crippen molar-refractivity contribution in [1.82, 2.24) is 30.2 Å². The van der Waals surface area contributed by atoms with Gasteiger partial charge in [0.25, 0.3) is 11.8 Å². The van der Waals surface area contributed by atoms with E-state index >= 15 is 0 Å². The fourth-order valence-electron chi connectivity index (χ4n) is 3.16. The van der Waals surface area contributed by atoms with Crippen LogP contribution in [0.2, 0.25) is 0 Å². The average molecular weight is 467 g/mol. The van der Waals surface area contributed by atoms with Crippen LogP contribution in [0.4, 0.5) is 0 Å². The minimum Gasteiger partial charge on any atom is -0.477 e. The van der Waals surface area contributed by atoms with Crippen molar-refractivity contribution in [2.45, 2.75) is 36.1 Å². The second-order valence-corrected chi connectivity index (χ2v) is 10.1. The number of carbonyl (C=O) groups is 3. The molecule has 4 heterocycles. The van der Waals surface area contributed by atoms with E-state index in [0.29, 0.717) is 29.2 Å². The number of carboxylic acids is 1. The lowest BCUT2D eigenvalue weighted by Crippen LogP contribution is -2.70. The molecule has 1 fully saturated rings. The van der Waals surface area contributed by atoms with E-state index in [0.717, 1.165) is 9.35 Å². The third-order valence-corrected chi connectivity index (χ3v) is 8.03. The number of β-lactam (4-membered cyclic amide) rings is 1. The first-order valence-electron chi connectivity index (χ1n) is 9.05. The van der Waals surface area contributed by atoms with Crippen molar-refractivity contribution in [2.24, 2.45) is 0 Å². The number of hydrogen-bond acceptors (Lipinski definition) is 9. The molecule has 2 atom stereocenters. The van der Waals surface area contributed by atoms with Crippen LogP contribution in [0.25, 0.3) is 0 Å². The number of aryl methyl sites for hydroxylation is 2. The predicted molar refractivity (Wildman–Crippen MR) is 112 cm³/mol. The van der Waals surface area contributed by atoms with E-state index in [2.05, 4.69) is 20.6 Å². The van der Waals surface area contributed by atoms with E-state index in [1.54, 1.807) is 10.9 Å². The number of fused-ring (bicyclic) bond motifs is 1. The smallest absolute Gasteiger partial charge is 0.352 e. The van der Waals surface area contributed by atoms with Gasteiger partial charge in [-0.25, -0.2) is 4.79 Å². The fourth-order valence-corrected chi connectivity index (χ4v) is 6.46. The van der Waals surface area contributed by atoms with Crippen molar-refractivity contribution >= 4 is 52.6 Å². The molecule has 158 valence electrons. The number of thioether (sulfide) groups is 2. The molecule has 0 aliphatic carbocycles. The molecule has 1 saturated heterocycles. The van der Waals surface area contributed by atoms with Crippen molar-refractivity contribution in [3.05, 3.63) is 34.2 Å². The minimum atomic E-state index is -1.15. The Morgan fingerprint density at radius 2 is 2.20 bits per heavy atom. The molecule has 0 saturated carbocycles. The summed E-state index contributed by atoms with van der Waals surface area (Å²) in [6.07, 6.45) is 3.05. The second kappa shape index (κ2) is 8.40. The van der Waals surface area contributed by atoms with Gasteiger partial charge < -0.3 is 10.4 Å². The number of aromatic nitrogens is 4. The van der Waals surface area contributed by atoms with Gasteiger partial charge in [0.05, 0.1) is 11.8 Å². The number of carbonyl (C=O) groups excluding carboxylic acids is 2. The molecule has 4 rings (SSSR count). The summed E-state index contributed by atoms with van der Waals surface area (Å²) < 4.78 is 2.37. The number of carboxylic acid groups (broad SMARTS) is 1. The first-order valence-corrected chi connectivity index (χ1v) is 11.9. The molecule has 0 unspecified atom stereocenters. The van der Waals surface area contributed by atoms with E-state index in [4.69, 9.17) is 0 Å². The number of hydrogen-bond donors (Lipinski definition) is 2. The number of aliphatic carboxylic acids is 1. The lowest BCUT2D eigenvalue weighted by molar-refractivity contribution is -0.148. The summed E-state index contributed by atoms with van der Waals surface area (Å²) in [6, 6.07) is -0.762. The maximum absolute atomic E-state index is 12.7. The van der Waals surface area contributed by atoms with Crippen LogP contribution in [-0.4, -0.2) is 70.7 Å². The highest BCUT2D eigenvalue weighted by molar-refractivity contribution is 8.01. The zero-order chi connectivity index (χ0) is 21.4. The monoisotopic (exact) mass is 466 g/mol. The SMILES string of the molecule is CCn1cc(C(=O)N[C@H]2C(=O)N3C(C(=O)O)=C(CSc4nnc(C)s4)CS[C@@H]23)cn1. The molecule has 2 amide bonds. The number of nitrogens with one attached hydrogen (secondary N) is 1. The fraction of sp³-hybridized carbons (Fsp3) is 0.412. The van der Waals surface area contributed by atoms with Crippen molar-refractivity contribution < 1.29 is 19.5 Å². The summed E-state index contributed by atoms with van der Waals surface area (Å²) in [6.45, 7) is 4.39. The molecule has 2 N–H and O–H groups in total. The van der Waals surface area contributed by atoms with Crippen LogP contribution in [0.15, 0.2) is 28.0 Å². The van der Waals surface area contributed by atoms with Gasteiger partial charge in [-0.05, 0) is 19.4 Å².